The van der Waals surface area contributed by atoms with E-state index in [9.17, 15) is 9.90 Å². The molecular weight excluding hydrogens is 266 g/mol. The van der Waals surface area contributed by atoms with Gasteiger partial charge in [0.25, 0.3) is 5.91 Å². The minimum Gasteiger partial charge on any atom is -0.508 e. The van der Waals surface area contributed by atoms with Crippen molar-refractivity contribution < 1.29 is 9.90 Å². The van der Waals surface area contributed by atoms with E-state index < -0.39 is 0 Å². The van der Waals surface area contributed by atoms with E-state index in [1.165, 1.54) is 5.56 Å². The first-order chi connectivity index (χ1) is 10.1. The molecule has 0 aliphatic carbocycles. The predicted molar refractivity (Wildman–Crippen MR) is 79.2 cm³/mol. The molecule has 1 aromatic carbocycles. The van der Waals surface area contributed by atoms with Crippen LogP contribution in [0.5, 0.6) is 5.75 Å². The lowest BCUT2D eigenvalue weighted by atomic mass is 9.89. The van der Waals surface area contributed by atoms with Crippen molar-refractivity contribution in [2.45, 2.75) is 18.8 Å². The third-order valence-electron chi connectivity index (χ3n) is 4.10. The molecule has 21 heavy (non-hydrogen) atoms. The molecule has 1 saturated heterocycles. The minimum absolute atomic E-state index is 0.0623. The molecule has 1 aliphatic rings. The maximum Gasteiger partial charge on any atom is 0.257 e. The zero-order valence-corrected chi connectivity index (χ0v) is 12.1. The number of amides is 1. The third-order valence-corrected chi connectivity index (χ3v) is 4.10. The summed E-state index contributed by atoms with van der Waals surface area (Å²) in [6, 6.07) is 7.39. The lowest BCUT2D eigenvalue weighted by Crippen LogP contribution is -2.37. The molecule has 2 aromatic rings. The summed E-state index contributed by atoms with van der Waals surface area (Å²) in [6.45, 7) is 1.53. The molecule has 1 amide bonds. The van der Waals surface area contributed by atoms with Gasteiger partial charge in [0.1, 0.15) is 5.75 Å². The summed E-state index contributed by atoms with van der Waals surface area (Å²) in [4.78, 5) is 14.2. The number of aromatic nitrogens is 2. The molecule has 0 spiro atoms. The maximum absolute atomic E-state index is 12.3. The van der Waals surface area contributed by atoms with E-state index in [4.69, 9.17) is 0 Å². The quantitative estimate of drug-likeness (QED) is 0.919. The molecular formula is C16H19N3O2. The first kappa shape index (κ1) is 13.7. The van der Waals surface area contributed by atoms with Crippen LogP contribution < -0.4 is 0 Å². The molecule has 0 atom stereocenters. The zero-order valence-electron chi connectivity index (χ0n) is 12.1. The molecule has 0 radical (unpaired) electrons. The van der Waals surface area contributed by atoms with Crippen molar-refractivity contribution >= 4 is 5.91 Å². The van der Waals surface area contributed by atoms with Gasteiger partial charge in [-0.1, -0.05) is 12.1 Å². The Labute approximate surface area is 123 Å². The predicted octanol–water partition coefficient (Wildman–Crippen LogP) is 2.15. The summed E-state index contributed by atoms with van der Waals surface area (Å²) in [5.74, 6) is 0.818. The van der Waals surface area contributed by atoms with Crippen molar-refractivity contribution in [1.82, 2.24) is 14.7 Å². The van der Waals surface area contributed by atoms with Crippen molar-refractivity contribution in [2.75, 3.05) is 13.1 Å². The number of piperidine rings is 1. The van der Waals surface area contributed by atoms with E-state index >= 15 is 0 Å². The molecule has 5 heteroatoms. The van der Waals surface area contributed by atoms with Crippen LogP contribution in [0.1, 0.15) is 34.7 Å². The maximum atomic E-state index is 12.3. The number of likely N-dealkylation sites (tertiary alicyclic amines) is 1. The topological polar surface area (TPSA) is 58.4 Å². The monoisotopic (exact) mass is 285 g/mol. The number of rotatable bonds is 2. The second-order valence-electron chi connectivity index (χ2n) is 5.56. The van der Waals surface area contributed by atoms with Crippen molar-refractivity contribution in [3.63, 3.8) is 0 Å². The molecule has 1 aromatic heterocycles. The van der Waals surface area contributed by atoms with Crippen LogP contribution in [0.3, 0.4) is 0 Å². The van der Waals surface area contributed by atoms with Crippen molar-refractivity contribution in [2.24, 2.45) is 7.05 Å². The number of aromatic hydroxyl groups is 1. The summed E-state index contributed by atoms with van der Waals surface area (Å²) in [5.41, 5.74) is 1.89. The lowest BCUT2D eigenvalue weighted by molar-refractivity contribution is 0.0713. The van der Waals surface area contributed by atoms with Gasteiger partial charge in [-0.25, -0.2) is 0 Å². The van der Waals surface area contributed by atoms with Gasteiger partial charge in [0.2, 0.25) is 0 Å². The summed E-state index contributed by atoms with van der Waals surface area (Å²) in [5, 5.41) is 13.4. The van der Waals surface area contributed by atoms with E-state index in [2.05, 4.69) is 5.10 Å². The standard InChI is InChI=1S/C16H19N3O2/c1-18-11-14(10-17-18)16(21)19-8-6-13(7-9-19)12-2-4-15(20)5-3-12/h2-5,10-11,13,20H,6-9H2,1H3. The molecule has 3 rings (SSSR count). The SMILES string of the molecule is Cn1cc(C(=O)N2CCC(c3ccc(O)cc3)CC2)cn1. The van der Waals surface area contributed by atoms with Crippen molar-refractivity contribution in [1.29, 1.82) is 0 Å². The zero-order chi connectivity index (χ0) is 14.8. The Balaban J connectivity index is 1.62. The van der Waals surface area contributed by atoms with Crippen LogP contribution in [0.15, 0.2) is 36.7 Å². The highest BCUT2D eigenvalue weighted by Crippen LogP contribution is 2.29. The molecule has 1 aliphatic heterocycles. The van der Waals surface area contributed by atoms with Gasteiger partial charge in [0.15, 0.2) is 0 Å². The van der Waals surface area contributed by atoms with Gasteiger partial charge in [-0.15, -0.1) is 0 Å². The van der Waals surface area contributed by atoms with E-state index in [1.54, 1.807) is 29.2 Å². The Hall–Kier alpha value is -2.30. The molecule has 0 saturated carbocycles. The van der Waals surface area contributed by atoms with Crippen molar-refractivity contribution in [3.8, 4) is 5.75 Å². The van der Waals surface area contributed by atoms with Gasteiger partial charge in [-0.3, -0.25) is 9.48 Å². The second kappa shape index (κ2) is 5.60. The highest BCUT2D eigenvalue weighted by Gasteiger charge is 2.25. The number of phenolic OH excluding ortho intramolecular Hbond substituents is 1. The van der Waals surface area contributed by atoms with E-state index in [-0.39, 0.29) is 5.91 Å². The first-order valence-electron chi connectivity index (χ1n) is 7.20. The van der Waals surface area contributed by atoms with Gasteiger partial charge in [-0.05, 0) is 36.5 Å². The smallest absolute Gasteiger partial charge is 0.257 e. The highest BCUT2D eigenvalue weighted by molar-refractivity contribution is 5.93. The normalized spacial score (nSPS) is 16.1. The van der Waals surface area contributed by atoms with Crippen LogP contribution in [0.4, 0.5) is 0 Å². The van der Waals surface area contributed by atoms with Gasteiger partial charge in [0.05, 0.1) is 11.8 Å². The minimum atomic E-state index is 0.0623. The Morgan fingerprint density at radius 1 is 1.24 bits per heavy atom. The molecule has 2 heterocycles. The summed E-state index contributed by atoms with van der Waals surface area (Å²) < 4.78 is 1.65. The van der Waals surface area contributed by atoms with Gasteiger partial charge < -0.3 is 10.0 Å². The number of nitrogens with zero attached hydrogens (tertiary/aromatic N) is 3. The van der Waals surface area contributed by atoms with Crippen LogP contribution >= 0.6 is 0 Å². The average Bonchev–Trinajstić information content (AvgIpc) is 2.94. The highest BCUT2D eigenvalue weighted by atomic mass is 16.3. The van der Waals surface area contributed by atoms with Crippen LogP contribution in [0.25, 0.3) is 0 Å². The van der Waals surface area contributed by atoms with Crippen molar-refractivity contribution in [3.05, 3.63) is 47.8 Å². The van der Waals surface area contributed by atoms with E-state index in [0.717, 1.165) is 25.9 Å². The summed E-state index contributed by atoms with van der Waals surface area (Å²) >= 11 is 0. The van der Waals surface area contributed by atoms with Crippen LogP contribution in [-0.2, 0) is 7.05 Å². The Kier molecular flexibility index (Phi) is 3.64. The third kappa shape index (κ3) is 2.91. The number of carbonyl (C=O) groups is 1. The van der Waals surface area contributed by atoms with Gasteiger partial charge in [-0.2, -0.15) is 5.10 Å². The number of hydrogen-bond acceptors (Lipinski definition) is 3. The molecule has 0 bridgehead atoms. The number of hydrogen-bond donors (Lipinski definition) is 1. The first-order valence-corrected chi connectivity index (χ1v) is 7.20. The summed E-state index contributed by atoms with van der Waals surface area (Å²) in [7, 11) is 1.81. The van der Waals surface area contributed by atoms with E-state index in [1.807, 2.05) is 24.1 Å². The number of phenols is 1. The van der Waals surface area contributed by atoms with E-state index in [0.29, 0.717) is 17.2 Å². The van der Waals surface area contributed by atoms with Crippen LogP contribution in [0, 0.1) is 0 Å². The van der Waals surface area contributed by atoms with Crippen LogP contribution in [0.2, 0.25) is 0 Å². The molecule has 5 nitrogen and oxygen atoms in total. The van der Waals surface area contributed by atoms with Crippen LogP contribution in [-0.4, -0.2) is 38.8 Å². The fourth-order valence-electron chi connectivity index (χ4n) is 2.88. The number of carbonyl (C=O) groups excluding carboxylic acids is 1. The molecule has 0 unspecified atom stereocenters. The largest absolute Gasteiger partial charge is 0.508 e. The average molecular weight is 285 g/mol. The Bertz CT molecular complexity index is 625. The lowest BCUT2D eigenvalue weighted by Gasteiger charge is -2.32. The van der Waals surface area contributed by atoms with Gasteiger partial charge in [0, 0.05) is 26.3 Å². The number of aryl methyl sites for hydroxylation is 1. The molecule has 1 fully saturated rings. The fourth-order valence-corrected chi connectivity index (χ4v) is 2.88. The summed E-state index contributed by atoms with van der Waals surface area (Å²) in [6.07, 6.45) is 5.29. The Morgan fingerprint density at radius 2 is 1.90 bits per heavy atom. The Morgan fingerprint density at radius 3 is 2.48 bits per heavy atom. The second-order valence-corrected chi connectivity index (χ2v) is 5.56. The fraction of sp³-hybridized carbons (Fsp3) is 0.375. The molecule has 110 valence electrons. The number of benzene rings is 1. The molecule has 1 N–H and O–H groups in total. The van der Waals surface area contributed by atoms with Gasteiger partial charge >= 0.3 is 0 Å².